The second-order valence-electron chi connectivity index (χ2n) is 5.06. The first-order valence-corrected chi connectivity index (χ1v) is 7.80. The van der Waals surface area contributed by atoms with E-state index in [9.17, 15) is 13.2 Å². The van der Waals surface area contributed by atoms with Crippen molar-refractivity contribution in [3.63, 3.8) is 0 Å². The Kier molecular flexibility index (Phi) is 8.36. The maximum atomic E-state index is 12.6. The van der Waals surface area contributed by atoms with E-state index in [0.29, 0.717) is 11.3 Å². The monoisotopic (exact) mass is 385 g/mol. The van der Waals surface area contributed by atoms with Gasteiger partial charge in [0.1, 0.15) is 5.76 Å². The number of allylic oxidation sites excluding steroid dienone is 3. The quantitative estimate of drug-likeness (QED) is 0.130. The van der Waals surface area contributed by atoms with Crippen LogP contribution < -0.4 is 16.9 Å². The zero-order valence-corrected chi connectivity index (χ0v) is 14.7. The molecule has 0 fully saturated rings. The molecule has 6 N–H and O–H groups in total. The molecule has 27 heavy (non-hydrogen) atoms. The molecule has 10 heteroatoms. The molecule has 0 bridgehead atoms. The number of aliphatic hydroxyl groups excluding tert-OH is 1. The fourth-order valence-corrected chi connectivity index (χ4v) is 2.00. The van der Waals surface area contributed by atoms with Gasteiger partial charge in [0.05, 0.1) is 18.8 Å². The number of hydrogen-bond acceptors (Lipinski definition) is 6. The Morgan fingerprint density at radius 1 is 1.41 bits per heavy atom. The van der Waals surface area contributed by atoms with Crippen LogP contribution in [-0.2, 0) is 4.74 Å². The molecule has 148 valence electrons. The minimum Gasteiger partial charge on any atom is -0.404 e. The van der Waals surface area contributed by atoms with Gasteiger partial charge < -0.3 is 20.9 Å². The average molecular weight is 385 g/mol. The molecule has 0 aliphatic heterocycles. The van der Waals surface area contributed by atoms with E-state index in [1.807, 2.05) is 0 Å². The van der Waals surface area contributed by atoms with Crippen LogP contribution in [0, 0.1) is 0 Å². The third-order valence-electron chi connectivity index (χ3n) is 3.08. The number of halogens is 3. The average Bonchev–Trinajstić information content (AvgIpc) is 2.59. The van der Waals surface area contributed by atoms with Crippen LogP contribution in [-0.4, -0.2) is 35.6 Å². The van der Waals surface area contributed by atoms with Gasteiger partial charge in [-0.1, -0.05) is 24.8 Å². The van der Waals surface area contributed by atoms with E-state index in [0.717, 1.165) is 5.12 Å². The molecule has 0 amide bonds. The maximum absolute atomic E-state index is 12.6. The number of nitrogens with zero attached hydrogens (tertiary/aromatic N) is 2. The summed E-state index contributed by atoms with van der Waals surface area (Å²) in [4.78, 5) is 0. The molecular weight excluding hydrogens is 363 g/mol. The van der Waals surface area contributed by atoms with Crippen molar-refractivity contribution in [1.82, 2.24) is 5.12 Å². The SMILES string of the molecule is C=C/C=C(Nc1ccccc1/C(N)=N/N(N)CCO)\C(=C/C)OC(F)(F)F. The molecule has 0 atom stereocenters. The van der Waals surface area contributed by atoms with Crippen LogP contribution in [0.2, 0.25) is 0 Å². The van der Waals surface area contributed by atoms with Crippen molar-refractivity contribution in [3.8, 4) is 0 Å². The van der Waals surface area contributed by atoms with Crippen molar-refractivity contribution in [2.75, 3.05) is 18.5 Å². The van der Waals surface area contributed by atoms with Crippen molar-refractivity contribution < 1.29 is 23.0 Å². The number of alkyl halides is 3. The molecule has 0 heterocycles. The second kappa shape index (κ2) is 10.2. The minimum atomic E-state index is -4.85. The van der Waals surface area contributed by atoms with Crippen LogP contribution >= 0.6 is 0 Å². The first-order chi connectivity index (χ1) is 12.7. The zero-order chi connectivity index (χ0) is 20.4. The van der Waals surface area contributed by atoms with Gasteiger partial charge in [-0.05, 0) is 31.2 Å². The van der Waals surface area contributed by atoms with Crippen molar-refractivity contribution in [1.29, 1.82) is 0 Å². The summed E-state index contributed by atoms with van der Waals surface area (Å²) in [6.45, 7) is 4.73. The van der Waals surface area contributed by atoms with E-state index < -0.39 is 12.1 Å². The molecule has 0 radical (unpaired) electrons. The van der Waals surface area contributed by atoms with Gasteiger partial charge in [-0.15, -0.1) is 18.3 Å². The number of hydrazone groups is 1. The molecule has 0 saturated carbocycles. The summed E-state index contributed by atoms with van der Waals surface area (Å²) in [6, 6.07) is 6.55. The van der Waals surface area contributed by atoms with Crippen molar-refractivity contribution >= 4 is 11.5 Å². The van der Waals surface area contributed by atoms with E-state index >= 15 is 0 Å². The topological polar surface area (TPSA) is 109 Å². The Hall–Kier alpha value is -2.98. The summed E-state index contributed by atoms with van der Waals surface area (Å²) in [6.07, 6.45) is -1.05. The van der Waals surface area contributed by atoms with Gasteiger partial charge in [0.15, 0.2) is 5.84 Å². The Balaban J connectivity index is 3.22. The van der Waals surface area contributed by atoms with E-state index in [-0.39, 0.29) is 24.7 Å². The summed E-state index contributed by atoms with van der Waals surface area (Å²) in [5.74, 6) is 5.14. The van der Waals surface area contributed by atoms with Gasteiger partial charge in [-0.2, -0.15) is 0 Å². The Morgan fingerprint density at radius 2 is 2.07 bits per heavy atom. The van der Waals surface area contributed by atoms with Crippen LogP contribution in [0.5, 0.6) is 0 Å². The first kappa shape index (κ1) is 22.1. The molecule has 7 nitrogen and oxygen atoms in total. The number of hydrazine groups is 1. The number of ether oxygens (including phenoxy) is 1. The van der Waals surface area contributed by atoms with E-state index in [1.165, 1.54) is 25.2 Å². The predicted octanol–water partition coefficient (Wildman–Crippen LogP) is 2.40. The number of rotatable bonds is 9. The van der Waals surface area contributed by atoms with Gasteiger partial charge in [-0.3, -0.25) is 0 Å². The van der Waals surface area contributed by atoms with Gasteiger partial charge in [0, 0.05) is 11.3 Å². The van der Waals surface area contributed by atoms with E-state index in [2.05, 4.69) is 21.7 Å². The molecule has 0 aliphatic carbocycles. The molecule has 0 aliphatic rings. The lowest BCUT2D eigenvalue weighted by atomic mass is 10.1. The van der Waals surface area contributed by atoms with Crippen LogP contribution in [0.4, 0.5) is 18.9 Å². The second-order valence-corrected chi connectivity index (χ2v) is 5.06. The van der Waals surface area contributed by atoms with Crippen molar-refractivity contribution in [2.24, 2.45) is 16.7 Å². The predicted molar refractivity (Wildman–Crippen MR) is 97.9 cm³/mol. The maximum Gasteiger partial charge on any atom is 0.573 e. The Morgan fingerprint density at radius 3 is 2.63 bits per heavy atom. The molecule has 0 spiro atoms. The number of para-hydroxylation sites is 1. The van der Waals surface area contributed by atoms with E-state index in [4.69, 9.17) is 16.7 Å². The molecule has 0 saturated heterocycles. The summed E-state index contributed by atoms with van der Waals surface area (Å²) in [5.41, 5.74) is 6.71. The highest BCUT2D eigenvalue weighted by molar-refractivity contribution is 6.02. The Labute approximate surface area is 155 Å². The van der Waals surface area contributed by atoms with Gasteiger partial charge in [-0.25, -0.2) is 11.0 Å². The molecule has 1 aromatic carbocycles. The van der Waals surface area contributed by atoms with Crippen molar-refractivity contribution in [3.05, 3.63) is 66.1 Å². The van der Waals surface area contributed by atoms with Gasteiger partial charge in [0.25, 0.3) is 0 Å². The Bertz CT molecular complexity index is 730. The number of hydrogen-bond donors (Lipinski definition) is 4. The van der Waals surface area contributed by atoms with Gasteiger partial charge >= 0.3 is 6.36 Å². The lowest BCUT2D eigenvalue weighted by Gasteiger charge is -2.19. The van der Waals surface area contributed by atoms with Crippen LogP contribution in [0.3, 0.4) is 0 Å². The number of aliphatic hydroxyl groups is 1. The third-order valence-corrected chi connectivity index (χ3v) is 3.08. The number of benzene rings is 1. The molecule has 0 aromatic heterocycles. The summed E-state index contributed by atoms with van der Waals surface area (Å²) in [5, 5.41) is 16.6. The smallest absolute Gasteiger partial charge is 0.404 e. The first-order valence-electron chi connectivity index (χ1n) is 7.80. The fraction of sp³-hybridized carbons (Fsp3) is 0.235. The molecule has 0 unspecified atom stereocenters. The number of amidine groups is 1. The lowest BCUT2D eigenvalue weighted by Crippen LogP contribution is -2.32. The highest BCUT2D eigenvalue weighted by Gasteiger charge is 2.33. The normalized spacial score (nSPS) is 13.3. The fourth-order valence-electron chi connectivity index (χ4n) is 2.00. The largest absolute Gasteiger partial charge is 0.573 e. The van der Waals surface area contributed by atoms with Crippen molar-refractivity contribution in [2.45, 2.75) is 13.3 Å². The number of anilines is 1. The molecular formula is C17H22F3N5O2. The third kappa shape index (κ3) is 7.42. The zero-order valence-electron chi connectivity index (χ0n) is 14.7. The minimum absolute atomic E-state index is 0.00534. The summed E-state index contributed by atoms with van der Waals surface area (Å²) < 4.78 is 41.9. The van der Waals surface area contributed by atoms with Gasteiger partial charge in [0.2, 0.25) is 0 Å². The summed E-state index contributed by atoms with van der Waals surface area (Å²) in [7, 11) is 0. The molecule has 1 aromatic rings. The summed E-state index contributed by atoms with van der Waals surface area (Å²) >= 11 is 0. The van der Waals surface area contributed by atoms with Crippen LogP contribution in [0.25, 0.3) is 0 Å². The molecule has 1 rings (SSSR count). The van der Waals surface area contributed by atoms with Crippen LogP contribution in [0.15, 0.2) is 65.6 Å². The highest BCUT2D eigenvalue weighted by Crippen LogP contribution is 2.27. The van der Waals surface area contributed by atoms with Crippen LogP contribution in [0.1, 0.15) is 12.5 Å². The van der Waals surface area contributed by atoms with E-state index in [1.54, 1.807) is 24.3 Å². The highest BCUT2D eigenvalue weighted by atomic mass is 19.4. The lowest BCUT2D eigenvalue weighted by molar-refractivity contribution is -0.303. The number of nitrogens with one attached hydrogen (secondary N) is 1. The standard InChI is InChI=1S/C17H22F3N5O2/c1-3-7-14(15(4-2)27-17(18,19)20)23-13-9-6-5-8-12(13)16(21)24-25(22)10-11-26/h3-9,23,26H,1,10-11,22H2,2H3,(H2,21,24)/b14-7+,15-4+. The number of nitrogens with two attached hydrogens (primary N) is 2.